The zero-order valence-electron chi connectivity index (χ0n) is 13.4. The Kier molecular flexibility index (Phi) is 4.47. The van der Waals surface area contributed by atoms with E-state index < -0.39 is 0 Å². The second-order valence-electron chi connectivity index (χ2n) is 5.45. The Bertz CT molecular complexity index is 883. The minimum Gasteiger partial charge on any atom is -0.272 e. The van der Waals surface area contributed by atoms with Crippen LogP contribution in [-0.4, -0.2) is 27.3 Å². The second kappa shape index (κ2) is 6.87. The number of aryl methyl sites for hydroxylation is 2. The molecule has 0 fully saturated rings. The molecule has 0 spiro atoms. The fourth-order valence-electron chi connectivity index (χ4n) is 2.16. The van der Waals surface area contributed by atoms with E-state index >= 15 is 0 Å². The molecule has 2 N–H and O–H groups in total. The van der Waals surface area contributed by atoms with E-state index in [2.05, 4.69) is 32.6 Å². The zero-order valence-corrected chi connectivity index (χ0v) is 13.4. The van der Waals surface area contributed by atoms with E-state index in [-0.39, 0.29) is 5.91 Å². The molecule has 0 saturated carbocycles. The molecule has 1 amide bonds. The summed E-state index contributed by atoms with van der Waals surface area (Å²) in [6.07, 6.45) is 4.87. The van der Waals surface area contributed by atoms with E-state index in [1.54, 1.807) is 24.5 Å². The highest BCUT2D eigenvalue weighted by Gasteiger charge is 2.10. The lowest BCUT2D eigenvalue weighted by Gasteiger charge is -2.01. The summed E-state index contributed by atoms with van der Waals surface area (Å²) in [5.41, 5.74) is 7.71. The molecule has 0 aliphatic rings. The molecular formula is C18H17N5O. The number of hydrogen-bond donors (Lipinski definition) is 2. The van der Waals surface area contributed by atoms with Gasteiger partial charge in [-0.25, -0.2) is 5.43 Å². The third-order valence-corrected chi connectivity index (χ3v) is 3.69. The Morgan fingerprint density at radius 2 is 2.08 bits per heavy atom. The van der Waals surface area contributed by atoms with Crippen molar-refractivity contribution < 1.29 is 4.79 Å². The van der Waals surface area contributed by atoms with E-state index in [4.69, 9.17) is 0 Å². The first-order valence-electron chi connectivity index (χ1n) is 7.50. The molecule has 0 aliphatic heterocycles. The first-order chi connectivity index (χ1) is 11.6. The number of hydrogen-bond acceptors (Lipinski definition) is 4. The van der Waals surface area contributed by atoms with Gasteiger partial charge >= 0.3 is 0 Å². The van der Waals surface area contributed by atoms with Crippen molar-refractivity contribution in [1.82, 2.24) is 20.6 Å². The van der Waals surface area contributed by atoms with Gasteiger partial charge in [-0.2, -0.15) is 10.2 Å². The van der Waals surface area contributed by atoms with Crippen LogP contribution in [-0.2, 0) is 0 Å². The molecule has 6 heteroatoms. The summed E-state index contributed by atoms with van der Waals surface area (Å²) in [5, 5.41) is 10.8. The molecule has 120 valence electrons. The van der Waals surface area contributed by atoms with Gasteiger partial charge in [-0.1, -0.05) is 18.2 Å². The molecule has 0 unspecified atom stereocenters. The summed E-state index contributed by atoms with van der Waals surface area (Å²) >= 11 is 0. The molecule has 0 bridgehead atoms. The van der Waals surface area contributed by atoms with E-state index in [1.165, 1.54) is 17.3 Å². The number of rotatable bonds is 4. The summed E-state index contributed by atoms with van der Waals surface area (Å²) in [6.45, 7) is 4.11. The van der Waals surface area contributed by atoms with Crippen molar-refractivity contribution in [3.8, 4) is 11.3 Å². The molecule has 3 aromatic rings. The van der Waals surface area contributed by atoms with Crippen LogP contribution in [0.15, 0.2) is 53.9 Å². The Morgan fingerprint density at radius 1 is 1.21 bits per heavy atom. The van der Waals surface area contributed by atoms with Crippen LogP contribution in [0.5, 0.6) is 0 Å². The van der Waals surface area contributed by atoms with Crippen molar-refractivity contribution in [3.05, 3.63) is 71.2 Å². The smallest absolute Gasteiger partial charge is 0.272 e. The van der Waals surface area contributed by atoms with Gasteiger partial charge in [0.2, 0.25) is 0 Å². The Morgan fingerprint density at radius 3 is 2.83 bits per heavy atom. The van der Waals surface area contributed by atoms with Crippen molar-refractivity contribution >= 4 is 12.1 Å². The number of carbonyl (C=O) groups is 1. The lowest BCUT2D eigenvalue weighted by molar-refractivity contribution is 0.0950. The average Bonchev–Trinajstić information content (AvgIpc) is 3.08. The van der Waals surface area contributed by atoms with Gasteiger partial charge in [-0.15, -0.1) is 0 Å². The van der Waals surface area contributed by atoms with E-state index in [1.807, 2.05) is 31.2 Å². The van der Waals surface area contributed by atoms with Gasteiger partial charge in [0.1, 0.15) is 5.69 Å². The van der Waals surface area contributed by atoms with Gasteiger partial charge in [-0.3, -0.25) is 14.9 Å². The minimum absolute atomic E-state index is 0.349. The number of H-pyrrole nitrogens is 1. The van der Waals surface area contributed by atoms with Gasteiger partial charge < -0.3 is 0 Å². The number of benzene rings is 1. The topological polar surface area (TPSA) is 83.0 Å². The van der Waals surface area contributed by atoms with Gasteiger partial charge in [0.15, 0.2) is 0 Å². The number of aromatic amines is 1. The van der Waals surface area contributed by atoms with E-state index in [0.29, 0.717) is 5.69 Å². The maximum atomic E-state index is 12.1. The standard InChI is InChI=1S/C18H17N5O/c1-12-5-6-15(8-13(12)2)16-9-17(22-21-16)18(24)23-20-11-14-4-3-7-19-10-14/h3-11H,1-2H3,(H,21,22)(H,23,24)/b20-11-. The largest absolute Gasteiger partial charge is 0.289 e. The summed E-state index contributed by atoms with van der Waals surface area (Å²) in [4.78, 5) is 16.1. The predicted molar refractivity (Wildman–Crippen MR) is 92.8 cm³/mol. The molecule has 6 nitrogen and oxygen atoms in total. The molecule has 0 saturated heterocycles. The highest BCUT2D eigenvalue weighted by molar-refractivity contribution is 5.94. The maximum Gasteiger partial charge on any atom is 0.289 e. The van der Waals surface area contributed by atoms with Gasteiger partial charge in [0, 0.05) is 23.5 Å². The molecule has 3 rings (SSSR count). The first-order valence-corrected chi connectivity index (χ1v) is 7.50. The summed E-state index contributed by atoms with van der Waals surface area (Å²) in [5.74, 6) is -0.349. The van der Waals surface area contributed by atoms with Crippen LogP contribution in [0.3, 0.4) is 0 Å². The van der Waals surface area contributed by atoms with Gasteiger partial charge in [0.25, 0.3) is 5.91 Å². The molecule has 0 radical (unpaired) electrons. The van der Waals surface area contributed by atoms with Crippen LogP contribution in [0.25, 0.3) is 11.3 Å². The Hall–Kier alpha value is -3.28. The average molecular weight is 319 g/mol. The van der Waals surface area contributed by atoms with E-state index in [0.717, 1.165) is 16.8 Å². The molecule has 24 heavy (non-hydrogen) atoms. The van der Waals surface area contributed by atoms with Gasteiger partial charge in [0.05, 0.1) is 11.9 Å². The molecule has 1 aromatic carbocycles. The quantitative estimate of drug-likeness (QED) is 0.573. The fraction of sp³-hybridized carbons (Fsp3) is 0.111. The third kappa shape index (κ3) is 3.55. The Labute approximate surface area is 139 Å². The lowest BCUT2D eigenvalue weighted by atomic mass is 10.0. The monoisotopic (exact) mass is 319 g/mol. The molecule has 0 atom stereocenters. The minimum atomic E-state index is -0.349. The van der Waals surface area contributed by atoms with Gasteiger partial charge in [-0.05, 0) is 43.2 Å². The van der Waals surface area contributed by atoms with Crippen LogP contribution < -0.4 is 5.43 Å². The van der Waals surface area contributed by atoms with Crippen LogP contribution in [0.1, 0.15) is 27.2 Å². The highest BCUT2D eigenvalue weighted by Crippen LogP contribution is 2.20. The number of pyridine rings is 1. The maximum absolute atomic E-state index is 12.1. The molecule has 2 heterocycles. The van der Waals surface area contributed by atoms with Crippen molar-refractivity contribution in [2.24, 2.45) is 5.10 Å². The highest BCUT2D eigenvalue weighted by atomic mass is 16.2. The summed E-state index contributed by atoms with van der Waals surface area (Å²) in [7, 11) is 0. The number of aromatic nitrogens is 3. The third-order valence-electron chi connectivity index (χ3n) is 3.69. The Balaban J connectivity index is 1.69. The van der Waals surface area contributed by atoms with E-state index in [9.17, 15) is 4.79 Å². The molecule has 2 aromatic heterocycles. The first kappa shape index (κ1) is 15.6. The number of hydrazone groups is 1. The summed E-state index contributed by atoms with van der Waals surface area (Å²) < 4.78 is 0. The normalized spacial score (nSPS) is 10.9. The van der Waals surface area contributed by atoms with Crippen LogP contribution >= 0.6 is 0 Å². The SMILES string of the molecule is Cc1ccc(-c2cc(C(=O)N/N=C\c3cccnc3)[nH]n2)cc1C. The van der Waals surface area contributed by atoms with Crippen molar-refractivity contribution in [1.29, 1.82) is 0 Å². The second-order valence-corrected chi connectivity index (χ2v) is 5.45. The van der Waals surface area contributed by atoms with Crippen LogP contribution in [0.4, 0.5) is 0 Å². The fourth-order valence-corrected chi connectivity index (χ4v) is 2.16. The summed E-state index contributed by atoms with van der Waals surface area (Å²) in [6, 6.07) is 11.4. The number of nitrogens with zero attached hydrogens (tertiary/aromatic N) is 3. The predicted octanol–water partition coefficient (Wildman–Crippen LogP) is 2.85. The number of amides is 1. The zero-order chi connectivity index (χ0) is 16.9. The molecular weight excluding hydrogens is 302 g/mol. The van der Waals surface area contributed by atoms with Crippen molar-refractivity contribution in [2.45, 2.75) is 13.8 Å². The van der Waals surface area contributed by atoms with Crippen molar-refractivity contribution in [2.75, 3.05) is 0 Å². The van der Waals surface area contributed by atoms with Crippen LogP contribution in [0.2, 0.25) is 0 Å². The molecule has 0 aliphatic carbocycles. The lowest BCUT2D eigenvalue weighted by Crippen LogP contribution is -2.18. The number of carbonyl (C=O) groups excluding carboxylic acids is 1. The van der Waals surface area contributed by atoms with Crippen molar-refractivity contribution in [3.63, 3.8) is 0 Å². The number of nitrogens with one attached hydrogen (secondary N) is 2. The van der Waals surface area contributed by atoms with Crippen LogP contribution in [0, 0.1) is 13.8 Å².